The van der Waals surface area contributed by atoms with E-state index in [2.05, 4.69) is 10.3 Å². The van der Waals surface area contributed by atoms with Gasteiger partial charge in [0.25, 0.3) is 5.56 Å². The summed E-state index contributed by atoms with van der Waals surface area (Å²) in [6, 6.07) is 3.52. The van der Waals surface area contributed by atoms with E-state index in [9.17, 15) is 18.0 Å². The summed E-state index contributed by atoms with van der Waals surface area (Å²) in [7, 11) is 1.61. The van der Waals surface area contributed by atoms with E-state index in [0.29, 0.717) is 0 Å². The lowest BCUT2D eigenvalue weighted by Crippen LogP contribution is -2.31. The minimum absolute atomic E-state index is 0.0411. The molecule has 4 nitrogen and oxygen atoms in total. The van der Waals surface area contributed by atoms with Crippen LogP contribution in [0, 0.1) is 0 Å². The molecule has 2 rings (SSSR count). The number of rotatable bonds is 2. The van der Waals surface area contributed by atoms with E-state index < -0.39 is 28.9 Å². The van der Waals surface area contributed by atoms with Crippen molar-refractivity contribution in [1.29, 1.82) is 0 Å². The Labute approximate surface area is 106 Å². The van der Waals surface area contributed by atoms with Crippen LogP contribution >= 0.6 is 0 Å². The summed E-state index contributed by atoms with van der Waals surface area (Å²) >= 11 is 0. The van der Waals surface area contributed by atoms with Gasteiger partial charge in [0.15, 0.2) is 0 Å². The Morgan fingerprint density at radius 2 is 2.05 bits per heavy atom. The quantitative estimate of drug-likeness (QED) is 0.910. The smallest absolute Gasteiger partial charge is 0.300 e. The van der Waals surface area contributed by atoms with Crippen molar-refractivity contribution in [2.75, 3.05) is 7.05 Å². The Balaban J connectivity index is 2.84. The van der Waals surface area contributed by atoms with Gasteiger partial charge >= 0.3 is 6.18 Å². The van der Waals surface area contributed by atoms with Gasteiger partial charge in [-0.05, 0) is 26.1 Å². The second-order valence-corrected chi connectivity index (χ2v) is 4.12. The molecule has 0 bridgehead atoms. The molecule has 0 radical (unpaired) electrons. The molecule has 1 unspecified atom stereocenters. The molecule has 0 saturated heterocycles. The van der Waals surface area contributed by atoms with E-state index in [1.807, 2.05) is 0 Å². The predicted molar refractivity (Wildman–Crippen MR) is 64.8 cm³/mol. The number of hydrogen-bond donors (Lipinski definition) is 1. The molecule has 0 aliphatic rings. The maximum Gasteiger partial charge on any atom is 0.417 e. The topological polar surface area (TPSA) is 46.9 Å². The third-order valence-electron chi connectivity index (χ3n) is 2.95. The molecule has 7 heteroatoms. The van der Waals surface area contributed by atoms with Gasteiger partial charge in [0.1, 0.15) is 0 Å². The Hall–Kier alpha value is -1.89. The fourth-order valence-corrected chi connectivity index (χ4v) is 1.83. The highest BCUT2D eigenvalue weighted by Crippen LogP contribution is 2.32. The summed E-state index contributed by atoms with van der Waals surface area (Å²) < 4.78 is 39.9. The van der Waals surface area contributed by atoms with Crippen molar-refractivity contribution < 1.29 is 13.2 Å². The number of nitrogens with zero attached hydrogens (tertiary/aromatic N) is 2. The van der Waals surface area contributed by atoms with Crippen LogP contribution in [-0.4, -0.2) is 16.6 Å². The van der Waals surface area contributed by atoms with Gasteiger partial charge in [0, 0.05) is 0 Å². The Bertz CT molecular complexity index is 663. The molecule has 0 spiro atoms. The zero-order valence-corrected chi connectivity index (χ0v) is 10.3. The minimum Gasteiger partial charge on any atom is -0.300 e. The standard InChI is InChI=1S/C12H12F3N3O/c1-7(16-2)18-6-17-9-5-3-4-8(12(13,14)15)10(9)11(18)19/h3-7,16H,1-2H3. The van der Waals surface area contributed by atoms with Gasteiger partial charge in [-0.2, -0.15) is 13.2 Å². The first kappa shape index (κ1) is 13.5. The van der Waals surface area contributed by atoms with E-state index in [-0.39, 0.29) is 5.52 Å². The maximum absolute atomic E-state index is 12.9. The molecule has 0 amide bonds. The summed E-state index contributed by atoms with van der Waals surface area (Å²) in [6.07, 6.45) is -3.78. The first-order chi connectivity index (χ1) is 8.86. The van der Waals surface area contributed by atoms with Crippen molar-refractivity contribution in [2.24, 2.45) is 0 Å². The third-order valence-corrected chi connectivity index (χ3v) is 2.95. The lowest BCUT2D eigenvalue weighted by atomic mass is 10.1. The van der Waals surface area contributed by atoms with Crippen molar-refractivity contribution in [1.82, 2.24) is 14.9 Å². The number of halogens is 3. The average Bonchev–Trinajstić information content (AvgIpc) is 2.36. The van der Waals surface area contributed by atoms with Crippen LogP contribution in [0.4, 0.5) is 13.2 Å². The molecule has 0 aliphatic carbocycles. The van der Waals surface area contributed by atoms with Crippen LogP contribution in [0.25, 0.3) is 10.9 Å². The molecule has 1 heterocycles. The van der Waals surface area contributed by atoms with Crippen molar-refractivity contribution in [3.8, 4) is 0 Å². The van der Waals surface area contributed by atoms with Crippen LogP contribution in [0.3, 0.4) is 0 Å². The Kier molecular flexibility index (Phi) is 3.32. The molecule has 2 aromatic rings. The summed E-state index contributed by atoms with van der Waals surface area (Å²) in [5.74, 6) is 0. The van der Waals surface area contributed by atoms with Crippen molar-refractivity contribution >= 4 is 10.9 Å². The molecule has 1 atom stereocenters. The van der Waals surface area contributed by atoms with E-state index in [1.165, 1.54) is 18.5 Å². The van der Waals surface area contributed by atoms with Crippen molar-refractivity contribution in [3.05, 3.63) is 40.4 Å². The van der Waals surface area contributed by atoms with Gasteiger partial charge in [-0.3, -0.25) is 9.36 Å². The second-order valence-electron chi connectivity index (χ2n) is 4.12. The Morgan fingerprint density at radius 3 is 2.63 bits per heavy atom. The van der Waals surface area contributed by atoms with Crippen LogP contribution in [-0.2, 0) is 6.18 Å². The highest BCUT2D eigenvalue weighted by Gasteiger charge is 2.34. The number of hydrogen-bond acceptors (Lipinski definition) is 3. The molecular formula is C12H12F3N3O. The molecular weight excluding hydrogens is 259 g/mol. The van der Waals surface area contributed by atoms with Gasteiger partial charge in [0.05, 0.1) is 29.0 Å². The molecule has 1 aromatic carbocycles. The number of alkyl halides is 3. The van der Waals surface area contributed by atoms with Crippen LogP contribution in [0.15, 0.2) is 29.3 Å². The minimum atomic E-state index is -4.58. The van der Waals surface area contributed by atoms with Crippen LogP contribution in [0.2, 0.25) is 0 Å². The number of benzene rings is 1. The van der Waals surface area contributed by atoms with Crippen LogP contribution in [0.1, 0.15) is 18.7 Å². The molecule has 102 valence electrons. The SMILES string of the molecule is CNC(C)n1cnc2cccc(C(F)(F)F)c2c1=O. The highest BCUT2D eigenvalue weighted by atomic mass is 19.4. The maximum atomic E-state index is 12.9. The Morgan fingerprint density at radius 1 is 1.37 bits per heavy atom. The highest BCUT2D eigenvalue weighted by molar-refractivity contribution is 5.81. The summed E-state index contributed by atoms with van der Waals surface area (Å²) in [4.78, 5) is 16.1. The van der Waals surface area contributed by atoms with Gasteiger partial charge in [0.2, 0.25) is 0 Å². The number of aromatic nitrogens is 2. The van der Waals surface area contributed by atoms with Gasteiger partial charge < -0.3 is 5.32 Å². The first-order valence-corrected chi connectivity index (χ1v) is 5.60. The monoisotopic (exact) mass is 271 g/mol. The fourth-order valence-electron chi connectivity index (χ4n) is 1.83. The van der Waals surface area contributed by atoms with Gasteiger partial charge in [-0.1, -0.05) is 6.07 Å². The predicted octanol–water partition coefficient (Wildman–Crippen LogP) is 2.15. The largest absolute Gasteiger partial charge is 0.417 e. The zero-order valence-electron chi connectivity index (χ0n) is 10.3. The lowest BCUT2D eigenvalue weighted by Gasteiger charge is -2.15. The third kappa shape index (κ3) is 2.33. The van der Waals surface area contributed by atoms with Crippen LogP contribution < -0.4 is 10.9 Å². The van der Waals surface area contributed by atoms with Gasteiger partial charge in [-0.15, -0.1) is 0 Å². The lowest BCUT2D eigenvalue weighted by molar-refractivity contribution is -0.136. The molecule has 0 fully saturated rings. The zero-order chi connectivity index (χ0) is 14.2. The summed E-state index contributed by atoms with van der Waals surface area (Å²) in [5.41, 5.74) is -1.63. The molecule has 19 heavy (non-hydrogen) atoms. The van der Waals surface area contributed by atoms with Crippen molar-refractivity contribution in [2.45, 2.75) is 19.3 Å². The van der Waals surface area contributed by atoms with E-state index >= 15 is 0 Å². The normalized spacial score (nSPS) is 13.7. The van der Waals surface area contributed by atoms with E-state index in [0.717, 1.165) is 10.6 Å². The fraction of sp³-hybridized carbons (Fsp3) is 0.333. The van der Waals surface area contributed by atoms with E-state index in [4.69, 9.17) is 0 Å². The average molecular weight is 271 g/mol. The number of fused-ring (bicyclic) bond motifs is 1. The van der Waals surface area contributed by atoms with Crippen molar-refractivity contribution in [3.63, 3.8) is 0 Å². The number of nitrogens with one attached hydrogen (secondary N) is 1. The summed E-state index contributed by atoms with van der Waals surface area (Å²) in [5, 5.41) is 2.38. The molecule has 1 N–H and O–H groups in total. The summed E-state index contributed by atoms with van der Waals surface area (Å²) in [6.45, 7) is 1.66. The molecule has 1 aromatic heterocycles. The molecule has 0 aliphatic heterocycles. The molecule has 0 saturated carbocycles. The van der Waals surface area contributed by atoms with Crippen LogP contribution in [0.5, 0.6) is 0 Å². The van der Waals surface area contributed by atoms with Gasteiger partial charge in [-0.25, -0.2) is 4.98 Å². The first-order valence-electron chi connectivity index (χ1n) is 5.60. The second kappa shape index (κ2) is 4.65. The van der Waals surface area contributed by atoms with E-state index in [1.54, 1.807) is 14.0 Å².